The summed E-state index contributed by atoms with van der Waals surface area (Å²) >= 11 is 5.72. The lowest BCUT2D eigenvalue weighted by Crippen LogP contribution is -2.30. The fourth-order valence-electron chi connectivity index (χ4n) is 2.66. The van der Waals surface area contributed by atoms with Crippen LogP contribution in [0.5, 0.6) is 0 Å². The lowest BCUT2D eigenvalue weighted by molar-refractivity contribution is -0.168. The van der Waals surface area contributed by atoms with E-state index < -0.39 is 12.1 Å². The molecule has 1 heterocycles. The van der Waals surface area contributed by atoms with Gasteiger partial charge in [-0.25, -0.2) is 4.39 Å². The standard InChI is InChI=1S/C22H20ClFO2/c1-2-3-4-17-14-25-22(26-15-17)12-7-16-5-8-18(9-6-16)19-10-11-20(23)21(24)13-19/h2-3,5-6,8-11,13,17,22H,4,14-15H2,1H3/b3-2+. The minimum Gasteiger partial charge on any atom is -0.342 e. The fraction of sp³-hybridized carbons (Fsp3) is 0.273. The Kier molecular flexibility index (Phi) is 6.46. The first-order valence-electron chi connectivity index (χ1n) is 8.57. The predicted octanol–water partition coefficient (Wildman–Crippen LogP) is 5.45. The molecule has 3 rings (SSSR count). The van der Waals surface area contributed by atoms with Gasteiger partial charge in [-0.15, -0.1) is 0 Å². The monoisotopic (exact) mass is 370 g/mol. The third kappa shape index (κ3) is 4.95. The van der Waals surface area contributed by atoms with E-state index in [9.17, 15) is 4.39 Å². The molecule has 2 aromatic rings. The Morgan fingerprint density at radius 1 is 1.12 bits per heavy atom. The van der Waals surface area contributed by atoms with Gasteiger partial charge in [0.15, 0.2) is 0 Å². The van der Waals surface area contributed by atoms with Crippen molar-refractivity contribution >= 4 is 11.6 Å². The molecule has 1 aliphatic rings. The molecule has 0 spiro atoms. The minimum absolute atomic E-state index is 0.122. The summed E-state index contributed by atoms with van der Waals surface area (Å²) in [6.45, 7) is 3.32. The van der Waals surface area contributed by atoms with E-state index in [2.05, 4.69) is 17.9 Å². The molecule has 1 fully saturated rings. The van der Waals surface area contributed by atoms with Gasteiger partial charge >= 0.3 is 0 Å². The number of benzene rings is 2. The van der Waals surface area contributed by atoms with Gasteiger partial charge in [-0.2, -0.15) is 0 Å². The van der Waals surface area contributed by atoms with Crippen LogP contribution in [0.1, 0.15) is 18.9 Å². The second-order valence-corrected chi connectivity index (χ2v) is 6.55. The average Bonchev–Trinajstić information content (AvgIpc) is 2.68. The van der Waals surface area contributed by atoms with E-state index >= 15 is 0 Å². The highest BCUT2D eigenvalue weighted by Gasteiger charge is 2.19. The van der Waals surface area contributed by atoms with Gasteiger partial charge in [0.2, 0.25) is 6.29 Å². The van der Waals surface area contributed by atoms with E-state index in [1.807, 2.05) is 37.3 Å². The molecule has 1 saturated heterocycles. The summed E-state index contributed by atoms with van der Waals surface area (Å²) < 4.78 is 24.9. The van der Waals surface area contributed by atoms with Crippen LogP contribution < -0.4 is 0 Å². The van der Waals surface area contributed by atoms with E-state index in [1.54, 1.807) is 12.1 Å². The van der Waals surface area contributed by atoms with Gasteiger partial charge in [0.25, 0.3) is 0 Å². The molecular weight excluding hydrogens is 351 g/mol. The lowest BCUT2D eigenvalue weighted by atomic mass is 10.0. The van der Waals surface area contributed by atoms with E-state index in [0.717, 1.165) is 23.1 Å². The number of ether oxygens (including phenoxy) is 2. The summed E-state index contributed by atoms with van der Waals surface area (Å²) in [6.07, 6.45) is 4.64. The summed E-state index contributed by atoms with van der Waals surface area (Å²) in [7, 11) is 0. The van der Waals surface area contributed by atoms with E-state index in [1.165, 1.54) is 6.07 Å². The Labute approximate surface area is 158 Å². The van der Waals surface area contributed by atoms with Crippen molar-refractivity contribution in [2.45, 2.75) is 19.6 Å². The van der Waals surface area contributed by atoms with Gasteiger partial charge in [0, 0.05) is 11.5 Å². The van der Waals surface area contributed by atoms with Gasteiger partial charge in [-0.1, -0.05) is 47.9 Å². The molecule has 2 aromatic carbocycles. The van der Waals surface area contributed by atoms with Gasteiger partial charge in [0.05, 0.1) is 18.2 Å². The molecule has 0 saturated carbocycles. The number of allylic oxidation sites excluding steroid dienone is 2. The Morgan fingerprint density at radius 3 is 2.46 bits per heavy atom. The highest BCUT2D eigenvalue weighted by atomic mass is 35.5. The number of rotatable bonds is 3. The molecule has 0 aliphatic carbocycles. The Balaban J connectivity index is 1.60. The van der Waals surface area contributed by atoms with Crippen molar-refractivity contribution < 1.29 is 13.9 Å². The average molecular weight is 371 g/mol. The van der Waals surface area contributed by atoms with Crippen LogP contribution in [0.4, 0.5) is 4.39 Å². The summed E-state index contributed by atoms with van der Waals surface area (Å²) in [5.41, 5.74) is 2.53. The zero-order chi connectivity index (χ0) is 18.4. The van der Waals surface area contributed by atoms with Gasteiger partial charge in [-0.3, -0.25) is 0 Å². The molecule has 134 valence electrons. The molecule has 1 aliphatic heterocycles. The van der Waals surface area contributed by atoms with Gasteiger partial charge in [-0.05, 0) is 54.7 Å². The fourth-order valence-corrected chi connectivity index (χ4v) is 2.77. The van der Waals surface area contributed by atoms with Crippen molar-refractivity contribution in [1.29, 1.82) is 0 Å². The Hall–Kier alpha value is -2.12. The lowest BCUT2D eigenvalue weighted by Gasteiger charge is -2.25. The summed E-state index contributed by atoms with van der Waals surface area (Å²) in [4.78, 5) is 0. The molecule has 0 amide bonds. The van der Waals surface area contributed by atoms with Crippen LogP contribution in [0.3, 0.4) is 0 Å². The maximum Gasteiger partial charge on any atom is 0.222 e. The van der Waals surface area contributed by atoms with Crippen molar-refractivity contribution in [3.05, 3.63) is 71.0 Å². The molecule has 0 bridgehead atoms. The molecule has 26 heavy (non-hydrogen) atoms. The van der Waals surface area contributed by atoms with Crippen molar-refractivity contribution in [3.8, 4) is 23.0 Å². The molecule has 0 aromatic heterocycles. The topological polar surface area (TPSA) is 18.5 Å². The van der Waals surface area contributed by atoms with Gasteiger partial charge < -0.3 is 9.47 Å². The van der Waals surface area contributed by atoms with E-state index in [4.69, 9.17) is 21.1 Å². The normalized spacial score (nSPS) is 20.0. The molecule has 4 heteroatoms. The number of hydrogen-bond acceptors (Lipinski definition) is 2. The van der Waals surface area contributed by atoms with Crippen molar-refractivity contribution in [1.82, 2.24) is 0 Å². The number of hydrogen-bond donors (Lipinski definition) is 0. The molecule has 0 unspecified atom stereocenters. The first-order valence-corrected chi connectivity index (χ1v) is 8.95. The Bertz CT molecular complexity index is 825. The van der Waals surface area contributed by atoms with Crippen LogP contribution in [-0.4, -0.2) is 19.5 Å². The summed E-state index contributed by atoms with van der Waals surface area (Å²) in [5.74, 6) is 6.03. The molecule has 0 N–H and O–H groups in total. The Morgan fingerprint density at radius 2 is 1.81 bits per heavy atom. The van der Waals surface area contributed by atoms with Crippen LogP contribution in [-0.2, 0) is 9.47 Å². The zero-order valence-corrected chi connectivity index (χ0v) is 15.3. The van der Waals surface area contributed by atoms with Crippen LogP contribution >= 0.6 is 11.6 Å². The maximum absolute atomic E-state index is 13.6. The third-order valence-corrected chi connectivity index (χ3v) is 4.45. The predicted molar refractivity (Wildman–Crippen MR) is 102 cm³/mol. The molecular formula is C22H20ClFO2. The summed E-state index contributed by atoms with van der Waals surface area (Å²) in [5, 5.41) is 0.122. The molecule has 0 radical (unpaired) electrons. The first-order chi connectivity index (χ1) is 12.7. The largest absolute Gasteiger partial charge is 0.342 e. The van der Waals surface area contributed by atoms with Crippen LogP contribution in [0.25, 0.3) is 11.1 Å². The smallest absolute Gasteiger partial charge is 0.222 e. The van der Waals surface area contributed by atoms with Crippen molar-refractivity contribution in [3.63, 3.8) is 0 Å². The SMILES string of the molecule is C/C=C/CC1COC(C#Cc2ccc(-c3ccc(Cl)c(F)c3)cc2)OC1. The van der Waals surface area contributed by atoms with Crippen molar-refractivity contribution in [2.75, 3.05) is 13.2 Å². The first kappa shape index (κ1) is 18.7. The van der Waals surface area contributed by atoms with Crippen LogP contribution in [0, 0.1) is 23.6 Å². The second-order valence-electron chi connectivity index (χ2n) is 6.14. The quantitative estimate of drug-likeness (QED) is 0.528. The number of halogens is 2. The van der Waals surface area contributed by atoms with Crippen molar-refractivity contribution in [2.24, 2.45) is 5.92 Å². The second kappa shape index (κ2) is 9.00. The van der Waals surface area contributed by atoms with Crippen LogP contribution in [0.2, 0.25) is 5.02 Å². The highest BCUT2D eigenvalue weighted by molar-refractivity contribution is 6.30. The highest BCUT2D eigenvalue weighted by Crippen LogP contribution is 2.24. The van der Waals surface area contributed by atoms with E-state index in [0.29, 0.717) is 19.1 Å². The minimum atomic E-state index is -0.484. The van der Waals surface area contributed by atoms with Gasteiger partial charge in [0.1, 0.15) is 5.82 Å². The maximum atomic E-state index is 13.6. The summed E-state index contributed by atoms with van der Waals surface area (Å²) in [6, 6.07) is 12.4. The third-order valence-electron chi connectivity index (χ3n) is 4.14. The molecule has 0 atom stereocenters. The zero-order valence-electron chi connectivity index (χ0n) is 14.5. The van der Waals surface area contributed by atoms with Crippen LogP contribution in [0.15, 0.2) is 54.6 Å². The molecule has 2 nitrogen and oxygen atoms in total. The van der Waals surface area contributed by atoms with E-state index in [-0.39, 0.29) is 5.02 Å².